The molecule has 0 unspecified atom stereocenters. The smallest absolute Gasteiger partial charge is 0.272 e. The van der Waals surface area contributed by atoms with E-state index in [0.29, 0.717) is 27.2 Å². The van der Waals surface area contributed by atoms with E-state index < -0.39 is 0 Å². The Bertz CT molecular complexity index is 1160. The fourth-order valence-corrected chi connectivity index (χ4v) is 5.64. The molecule has 4 rings (SSSR count). The molecule has 2 aliphatic rings. The van der Waals surface area contributed by atoms with E-state index in [1.54, 1.807) is 43.1 Å². The molecular formula is C26H26Cl2FN3OS. The summed E-state index contributed by atoms with van der Waals surface area (Å²) in [6.45, 7) is 1.50. The molecule has 1 amide bonds. The van der Waals surface area contributed by atoms with E-state index in [2.05, 4.69) is 10.3 Å². The Hall–Kier alpha value is -2.28. The van der Waals surface area contributed by atoms with Gasteiger partial charge in [0, 0.05) is 47.9 Å². The minimum absolute atomic E-state index is 0.0395. The minimum Gasteiger partial charge on any atom is -0.354 e. The molecule has 0 atom stereocenters. The largest absolute Gasteiger partial charge is 0.354 e. The molecule has 2 heterocycles. The zero-order valence-corrected chi connectivity index (χ0v) is 21.2. The van der Waals surface area contributed by atoms with Crippen LogP contribution in [0.1, 0.15) is 24.8 Å². The van der Waals surface area contributed by atoms with Gasteiger partial charge in [-0.05, 0) is 66.8 Å². The Morgan fingerprint density at radius 2 is 1.82 bits per heavy atom. The first-order valence-corrected chi connectivity index (χ1v) is 13.1. The number of rotatable bonds is 5. The summed E-state index contributed by atoms with van der Waals surface area (Å²) in [5.41, 5.74) is 4.66. The fraction of sp³-hybridized carbons (Fsp3) is 0.308. The van der Waals surface area contributed by atoms with Crippen LogP contribution in [0.5, 0.6) is 0 Å². The van der Waals surface area contributed by atoms with Crippen LogP contribution in [0.15, 0.2) is 64.3 Å². The minimum atomic E-state index is -0.282. The summed E-state index contributed by atoms with van der Waals surface area (Å²) in [5.74, 6) is 1.04. The third kappa shape index (κ3) is 5.85. The van der Waals surface area contributed by atoms with E-state index in [-0.39, 0.29) is 11.7 Å². The predicted molar refractivity (Wildman–Crippen MR) is 143 cm³/mol. The molecule has 0 saturated carbocycles. The van der Waals surface area contributed by atoms with Crippen molar-refractivity contribution in [3.05, 3.63) is 80.7 Å². The van der Waals surface area contributed by atoms with Gasteiger partial charge in [0.15, 0.2) is 0 Å². The number of nitrogens with zero attached hydrogens (tertiary/aromatic N) is 2. The second kappa shape index (κ2) is 11.4. The van der Waals surface area contributed by atoms with Gasteiger partial charge < -0.3 is 10.2 Å². The van der Waals surface area contributed by atoms with Crippen molar-refractivity contribution in [2.75, 3.05) is 37.0 Å². The third-order valence-corrected chi connectivity index (χ3v) is 7.44. The van der Waals surface area contributed by atoms with E-state index in [0.717, 1.165) is 60.5 Å². The van der Waals surface area contributed by atoms with Crippen molar-refractivity contribution in [2.24, 2.45) is 4.99 Å². The maximum absolute atomic E-state index is 13.5. The van der Waals surface area contributed by atoms with Gasteiger partial charge in [-0.2, -0.15) is 11.8 Å². The molecule has 1 N–H and O–H groups in total. The molecule has 0 radical (unpaired) electrons. The molecule has 1 fully saturated rings. The van der Waals surface area contributed by atoms with Crippen molar-refractivity contribution in [2.45, 2.75) is 19.3 Å². The highest BCUT2D eigenvalue weighted by atomic mass is 35.5. The number of benzene rings is 2. The second-order valence-corrected chi connectivity index (χ2v) is 10.1. The molecule has 34 heavy (non-hydrogen) atoms. The summed E-state index contributed by atoms with van der Waals surface area (Å²) < 4.78 is 13.5. The SMILES string of the molecule is CN=C(C(=O)N1CCCCC1)C1=C(Nc2ccc(Cl)cc2Cl)/C(=C/c2ccc(F)cc2)CSC1. The number of likely N-dealkylation sites (tertiary alicyclic amines) is 1. The first kappa shape index (κ1) is 24.8. The third-order valence-electron chi connectivity index (χ3n) is 5.88. The standard InChI is InChI=1S/C26H26Cl2FN3OS/c1-30-25(26(33)32-11-3-2-4-12-32)21-16-34-15-18(13-17-5-8-20(29)9-6-17)24(21)31-23-10-7-19(27)14-22(23)28/h5-10,13-14,31H,2-4,11-12,15-16H2,1H3/b18-13+,30-25?. The summed E-state index contributed by atoms with van der Waals surface area (Å²) in [4.78, 5) is 19.8. The van der Waals surface area contributed by atoms with E-state index in [1.165, 1.54) is 12.1 Å². The predicted octanol–water partition coefficient (Wildman–Crippen LogP) is 6.71. The van der Waals surface area contributed by atoms with Gasteiger partial charge in [0.2, 0.25) is 0 Å². The van der Waals surface area contributed by atoms with Gasteiger partial charge in [-0.25, -0.2) is 4.39 Å². The number of carbonyl (C=O) groups excluding carboxylic acids is 1. The molecule has 2 aromatic carbocycles. The first-order chi connectivity index (χ1) is 16.5. The molecule has 8 heteroatoms. The van der Waals surface area contributed by atoms with Crippen LogP contribution in [0.25, 0.3) is 6.08 Å². The van der Waals surface area contributed by atoms with Crippen molar-refractivity contribution < 1.29 is 9.18 Å². The monoisotopic (exact) mass is 517 g/mol. The van der Waals surface area contributed by atoms with Crippen molar-refractivity contribution in [3.8, 4) is 0 Å². The lowest BCUT2D eigenvalue weighted by Crippen LogP contribution is -2.41. The van der Waals surface area contributed by atoms with Crippen molar-refractivity contribution >= 4 is 58.3 Å². The van der Waals surface area contributed by atoms with Crippen LogP contribution in [0.4, 0.5) is 10.1 Å². The number of anilines is 1. The molecule has 4 nitrogen and oxygen atoms in total. The summed E-state index contributed by atoms with van der Waals surface area (Å²) in [5, 5.41) is 4.49. The Kier molecular flexibility index (Phi) is 8.35. The lowest BCUT2D eigenvalue weighted by Gasteiger charge is -2.30. The topological polar surface area (TPSA) is 44.7 Å². The molecule has 2 aliphatic heterocycles. The van der Waals surface area contributed by atoms with Gasteiger partial charge in [0.05, 0.1) is 10.7 Å². The summed E-state index contributed by atoms with van der Waals surface area (Å²) in [7, 11) is 1.67. The average molecular weight is 518 g/mol. The number of aliphatic imine (C=N–C) groups is 1. The van der Waals surface area contributed by atoms with E-state index in [1.807, 2.05) is 17.0 Å². The number of hydrogen-bond donors (Lipinski definition) is 1. The van der Waals surface area contributed by atoms with Crippen LogP contribution < -0.4 is 5.32 Å². The van der Waals surface area contributed by atoms with Crippen LogP contribution >= 0.6 is 35.0 Å². The zero-order chi connectivity index (χ0) is 24.1. The van der Waals surface area contributed by atoms with Gasteiger partial charge in [-0.1, -0.05) is 35.3 Å². The Balaban J connectivity index is 1.79. The van der Waals surface area contributed by atoms with Gasteiger partial charge in [-0.15, -0.1) is 0 Å². The highest BCUT2D eigenvalue weighted by Gasteiger charge is 2.29. The van der Waals surface area contributed by atoms with E-state index in [9.17, 15) is 9.18 Å². The van der Waals surface area contributed by atoms with Gasteiger partial charge in [-0.3, -0.25) is 9.79 Å². The number of thioether (sulfide) groups is 1. The summed E-state index contributed by atoms with van der Waals surface area (Å²) >= 11 is 14.3. The number of piperidine rings is 1. The lowest BCUT2D eigenvalue weighted by atomic mass is 9.99. The highest BCUT2D eigenvalue weighted by molar-refractivity contribution is 7.99. The van der Waals surface area contributed by atoms with Crippen molar-refractivity contribution in [1.29, 1.82) is 0 Å². The Morgan fingerprint density at radius 1 is 1.09 bits per heavy atom. The Morgan fingerprint density at radius 3 is 2.50 bits per heavy atom. The van der Waals surface area contributed by atoms with Crippen LogP contribution in [0.3, 0.4) is 0 Å². The number of carbonyl (C=O) groups is 1. The molecular weight excluding hydrogens is 492 g/mol. The summed E-state index contributed by atoms with van der Waals surface area (Å²) in [6, 6.07) is 11.6. The maximum Gasteiger partial charge on any atom is 0.272 e. The summed E-state index contributed by atoms with van der Waals surface area (Å²) in [6.07, 6.45) is 5.18. The van der Waals surface area contributed by atoms with Crippen molar-refractivity contribution in [3.63, 3.8) is 0 Å². The number of nitrogens with one attached hydrogen (secondary N) is 1. The number of halogens is 3. The molecule has 1 saturated heterocycles. The van der Waals surface area contributed by atoms with Gasteiger partial charge >= 0.3 is 0 Å². The Labute approximate surface area is 213 Å². The van der Waals surface area contributed by atoms with Crippen LogP contribution in [-0.4, -0.2) is 48.2 Å². The second-order valence-electron chi connectivity index (χ2n) is 8.24. The quantitative estimate of drug-likeness (QED) is 0.448. The first-order valence-electron chi connectivity index (χ1n) is 11.2. The number of hydrogen-bond acceptors (Lipinski definition) is 4. The molecule has 2 aromatic rings. The van der Waals surface area contributed by atoms with Gasteiger partial charge in [0.25, 0.3) is 5.91 Å². The highest BCUT2D eigenvalue weighted by Crippen LogP contribution is 2.35. The van der Waals surface area contributed by atoms with Crippen molar-refractivity contribution in [1.82, 2.24) is 4.90 Å². The maximum atomic E-state index is 13.5. The molecule has 0 spiro atoms. The van der Waals surface area contributed by atoms with Crippen LogP contribution in [0.2, 0.25) is 10.0 Å². The number of amides is 1. The van der Waals surface area contributed by atoms with Gasteiger partial charge in [0.1, 0.15) is 11.5 Å². The lowest BCUT2D eigenvalue weighted by molar-refractivity contribution is -0.124. The fourth-order valence-electron chi connectivity index (χ4n) is 4.15. The van der Waals surface area contributed by atoms with E-state index >= 15 is 0 Å². The molecule has 0 aliphatic carbocycles. The molecule has 178 valence electrons. The van der Waals surface area contributed by atoms with Crippen LogP contribution in [0, 0.1) is 5.82 Å². The zero-order valence-electron chi connectivity index (χ0n) is 18.9. The van der Waals surface area contributed by atoms with Crippen LogP contribution in [-0.2, 0) is 4.79 Å². The normalized spacial score (nSPS) is 18.4. The molecule has 0 bridgehead atoms. The number of allylic oxidation sites excluding steroid dienone is 1. The average Bonchev–Trinajstić information content (AvgIpc) is 2.84. The molecule has 0 aromatic heterocycles. The van der Waals surface area contributed by atoms with E-state index in [4.69, 9.17) is 23.2 Å².